The molecule has 10 heteroatoms. The van der Waals surface area contributed by atoms with Crippen LogP contribution >= 0.6 is 11.6 Å². The summed E-state index contributed by atoms with van der Waals surface area (Å²) >= 11 is 5.63. The van der Waals surface area contributed by atoms with Gasteiger partial charge >= 0.3 is 6.18 Å². The number of nitrogens with zero attached hydrogens (tertiary/aromatic N) is 2. The molecule has 2 aliphatic rings. The highest BCUT2D eigenvalue weighted by Crippen LogP contribution is 2.38. The molecular weight excluding hydrogens is 435 g/mol. The Labute approximate surface area is 181 Å². The molecule has 2 heterocycles. The average molecular weight is 454 g/mol. The van der Waals surface area contributed by atoms with E-state index in [-0.39, 0.29) is 12.1 Å². The monoisotopic (exact) mass is 453 g/mol. The second-order valence-electron chi connectivity index (χ2n) is 7.28. The predicted octanol–water partition coefficient (Wildman–Crippen LogP) is 3.94. The fourth-order valence-corrected chi connectivity index (χ4v) is 3.90. The molecule has 2 saturated heterocycles. The molecule has 164 valence electrons. The highest BCUT2D eigenvalue weighted by molar-refractivity contribution is 6.31. The van der Waals surface area contributed by atoms with Gasteiger partial charge in [-0.25, -0.2) is 4.90 Å². The van der Waals surface area contributed by atoms with Gasteiger partial charge in [-0.1, -0.05) is 11.6 Å². The van der Waals surface area contributed by atoms with E-state index >= 15 is 0 Å². The molecule has 2 aliphatic heterocycles. The van der Waals surface area contributed by atoms with Gasteiger partial charge in [-0.3, -0.25) is 9.59 Å². The van der Waals surface area contributed by atoms with Crippen LogP contribution < -0.4 is 15.1 Å². The Morgan fingerprint density at radius 2 is 1.65 bits per heavy atom. The number of ether oxygens (including phenoxy) is 1. The van der Waals surface area contributed by atoms with Gasteiger partial charge in [0.15, 0.2) is 0 Å². The molecule has 6 nitrogen and oxygen atoms in total. The van der Waals surface area contributed by atoms with E-state index in [0.29, 0.717) is 18.9 Å². The van der Waals surface area contributed by atoms with Crippen LogP contribution in [-0.2, 0) is 20.5 Å². The van der Waals surface area contributed by atoms with E-state index < -0.39 is 34.6 Å². The minimum atomic E-state index is -4.70. The third-order valence-electron chi connectivity index (χ3n) is 5.24. The Kier molecular flexibility index (Phi) is 5.81. The lowest BCUT2D eigenvalue weighted by Crippen LogP contribution is -2.36. The molecule has 1 unspecified atom stereocenters. The van der Waals surface area contributed by atoms with Gasteiger partial charge in [-0.15, -0.1) is 0 Å². The lowest BCUT2D eigenvalue weighted by molar-refractivity contribution is -0.137. The topological polar surface area (TPSA) is 61.9 Å². The number of rotatable bonds is 4. The van der Waals surface area contributed by atoms with Gasteiger partial charge < -0.3 is 15.0 Å². The number of anilines is 3. The number of hydrogen-bond donors (Lipinski definition) is 1. The highest BCUT2D eigenvalue weighted by atomic mass is 35.5. The molecule has 31 heavy (non-hydrogen) atoms. The van der Waals surface area contributed by atoms with E-state index in [1.807, 2.05) is 12.1 Å². The lowest BCUT2D eigenvalue weighted by Gasteiger charge is -2.29. The largest absolute Gasteiger partial charge is 0.417 e. The van der Waals surface area contributed by atoms with Gasteiger partial charge in [-0.05, 0) is 42.5 Å². The second kappa shape index (κ2) is 8.39. The first-order chi connectivity index (χ1) is 14.7. The summed E-state index contributed by atoms with van der Waals surface area (Å²) in [4.78, 5) is 28.2. The lowest BCUT2D eigenvalue weighted by atomic mass is 10.1. The number of benzene rings is 2. The molecule has 1 N–H and O–H groups in total. The van der Waals surface area contributed by atoms with Gasteiger partial charge in [-0.2, -0.15) is 13.2 Å². The third kappa shape index (κ3) is 4.47. The van der Waals surface area contributed by atoms with Crippen molar-refractivity contribution in [2.24, 2.45) is 0 Å². The molecule has 0 saturated carbocycles. The quantitative estimate of drug-likeness (QED) is 0.711. The number of morpholine rings is 1. The molecule has 2 aromatic rings. The van der Waals surface area contributed by atoms with Crippen LogP contribution in [0.15, 0.2) is 42.5 Å². The molecule has 2 aromatic carbocycles. The summed E-state index contributed by atoms with van der Waals surface area (Å²) in [5, 5.41) is 2.51. The Morgan fingerprint density at radius 1 is 1.00 bits per heavy atom. The van der Waals surface area contributed by atoms with Crippen molar-refractivity contribution in [2.45, 2.75) is 18.6 Å². The summed E-state index contributed by atoms with van der Waals surface area (Å²) < 4.78 is 44.8. The van der Waals surface area contributed by atoms with E-state index in [2.05, 4.69) is 10.2 Å². The van der Waals surface area contributed by atoms with Gasteiger partial charge in [0.2, 0.25) is 5.91 Å². The summed E-state index contributed by atoms with van der Waals surface area (Å²) in [5.74, 6) is -1.19. The standard InChI is InChI=1S/C21H19ClF3N3O3/c22-17-6-5-15(11-16(17)21(23,24)25)28-19(29)12-18(20(28)30)26-13-1-3-14(4-2-13)27-7-9-31-10-8-27/h1-6,11,18,26H,7-10,12H2. The zero-order chi connectivity index (χ0) is 22.2. The summed E-state index contributed by atoms with van der Waals surface area (Å²) in [7, 11) is 0. The van der Waals surface area contributed by atoms with Crippen LogP contribution in [0.25, 0.3) is 0 Å². The molecule has 0 spiro atoms. The van der Waals surface area contributed by atoms with E-state index in [4.69, 9.17) is 16.3 Å². The van der Waals surface area contributed by atoms with Crippen molar-refractivity contribution >= 4 is 40.5 Å². The smallest absolute Gasteiger partial charge is 0.378 e. The highest BCUT2D eigenvalue weighted by Gasteiger charge is 2.41. The molecule has 0 radical (unpaired) electrons. The number of amides is 2. The van der Waals surface area contributed by atoms with Gasteiger partial charge in [0, 0.05) is 24.5 Å². The Bertz CT molecular complexity index is 992. The summed E-state index contributed by atoms with van der Waals surface area (Å²) in [6, 6.07) is 9.52. The van der Waals surface area contributed by atoms with Crippen LogP contribution in [0.4, 0.5) is 30.2 Å². The number of halogens is 4. The maximum atomic E-state index is 13.1. The van der Waals surface area contributed by atoms with Crippen LogP contribution in [0, 0.1) is 0 Å². The van der Waals surface area contributed by atoms with E-state index in [0.717, 1.165) is 35.8 Å². The predicted molar refractivity (Wildman–Crippen MR) is 110 cm³/mol. The number of imide groups is 1. The van der Waals surface area contributed by atoms with Crippen molar-refractivity contribution in [3.05, 3.63) is 53.1 Å². The number of alkyl halides is 3. The molecule has 0 aromatic heterocycles. The van der Waals surface area contributed by atoms with Crippen LogP contribution in [0.5, 0.6) is 0 Å². The number of nitrogens with one attached hydrogen (secondary N) is 1. The SMILES string of the molecule is O=C1CC(Nc2ccc(N3CCOCC3)cc2)C(=O)N1c1ccc(Cl)c(C(F)(F)F)c1. The molecule has 2 fully saturated rings. The minimum Gasteiger partial charge on any atom is -0.378 e. The molecule has 2 amide bonds. The summed E-state index contributed by atoms with van der Waals surface area (Å²) in [6.07, 6.45) is -4.85. The van der Waals surface area contributed by atoms with Crippen LogP contribution in [-0.4, -0.2) is 44.2 Å². The first-order valence-electron chi connectivity index (χ1n) is 9.67. The molecular formula is C21H19ClF3N3O3. The number of carbonyl (C=O) groups is 2. The minimum absolute atomic E-state index is 0.154. The van der Waals surface area contributed by atoms with Crippen molar-refractivity contribution in [3.8, 4) is 0 Å². The Hall–Kier alpha value is -2.78. The van der Waals surface area contributed by atoms with E-state index in [9.17, 15) is 22.8 Å². The molecule has 0 bridgehead atoms. The van der Waals surface area contributed by atoms with Crippen molar-refractivity contribution in [1.29, 1.82) is 0 Å². The number of carbonyl (C=O) groups excluding carboxylic acids is 2. The van der Waals surface area contributed by atoms with Gasteiger partial charge in [0.05, 0.1) is 35.9 Å². The fourth-order valence-electron chi connectivity index (χ4n) is 3.68. The van der Waals surface area contributed by atoms with Crippen molar-refractivity contribution in [2.75, 3.05) is 41.4 Å². The van der Waals surface area contributed by atoms with Crippen molar-refractivity contribution in [3.63, 3.8) is 0 Å². The van der Waals surface area contributed by atoms with Crippen LogP contribution in [0.1, 0.15) is 12.0 Å². The van der Waals surface area contributed by atoms with Crippen molar-refractivity contribution in [1.82, 2.24) is 0 Å². The first kappa shape index (κ1) is 21.5. The maximum Gasteiger partial charge on any atom is 0.417 e. The maximum absolute atomic E-state index is 13.1. The Morgan fingerprint density at radius 3 is 2.29 bits per heavy atom. The van der Waals surface area contributed by atoms with Crippen LogP contribution in [0.3, 0.4) is 0 Å². The molecule has 4 rings (SSSR count). The average Bonchev–Trinajstić information content (AvgIpc) is 3.02. The normalized spacial score (nSPS) is 19.8. The third-order valence-corrected chi connectivity index (χ3v) is 5.57. The number of hydrogen-bond acceptors (Lipinski definition) is 5. The van der Waals surface area contributed by atoms with Crippen molar-refractivity contribution < 1.29 is 27.5 Å². The van der Waals surface area contributed by atoms with E-state index in [1.165, 1.54) is 6.07 Å². The Balaban J connectivity index is 1.49. The molecule has 0 aliphatic carbocycles. The molecule has 1 atom stereocenters. The van der Waals surface area contributed by atoms with Gasteiger partial charge in [0.1, 0.15) is 6.04 Å². The summed E-state index contributed by atoms with van der Waals surface area (Å²) in [6.45, 7) is 2.90. The summed E-state index contributed by atoms with van der Waals surface area (Å²) in [5.41, 5.74) is 0.406. The zero-order valence-electron chi connectivity index (χ0n) is 16.3. The van der Waals surface area contributed by atoms with E-state index in [1.54, 1.807) is 12.1 Å². The second-order valence-corrected chi connectivity index (χ2v) is 7.68. The fraction of sp³-hybridized carbons (Fsp3) is 0.333. The van der Waals surface area contributed by atoms with Crippen LogP contribution in [0.2, 0.25) is 5.02 Å². The zero-order valence-corrected chi connectivity index (χ0v) is 17.0. The van der Waals surface area contributed by atoms with Gasteiger partial charge in [0.25, 0.3) is 5.91 Å². The first-order valence-corrected chi connectivity index (χ1v) is 10.0.